The summed E-state index contributed by atoms with van der Waals surface area (Å²) in [5.74, 6) is -0.871. The van der Waals surface area contributed by atoms with Crippen LogP contribution in [0, 0.1) is 3.57 Å². The number of carboxylic acid groups (broad SMARTS) is 1. The summed E-state index contributed by atoms with van der Waals surface area (Å²) >= 11 is 2.03. The van der Waals surface area contributed by atoms with Gasteiger partial charge in [-0.1, -0.05) is 0 Å². The molecule has 14 heavy (non-hydrogen) atoms. The quantitative estimate of drug-likeness (QED) is 0.672. The Labute approximate surface area is 97.1 Å². The number of hydrogen-bond acceptors (Lipinski definition) is 1. The number of aromatic carboxylic acids is 1. The maximum Gasteiger partial charge on any atom is 0.336 e. The number of carbonyl (C=O) groups is 1. The number of rotatable bonds is 2. The van der Waals surface area contributed by atoms with Crippen LogP contribution < -0.4 is 4.48 Å². The zero-order valence-electron chi connectivity index (χ0n) is 8.41. The predicted molar refractivity (Wildman–Crippen MR) is 65.7 cm³/mol. The molecule has 3 nitrogen and oxygen atoms in total. The van der Waals surface area contributed by atoms with Crippen molar-refractivity contribution in [3.8, 4) is 0 Å². The first-order valence-corrected chi connectivity index (χ1v) is 5.25. The van der Waals surface area contributed by atoms with Crippen molar-refractivity contribution in [1.82, 2.24) is 4.48 Å². The van der Waals surface area contributed by atoms with Crippen LogP contribution in [0.5, 0.6) is 0 Å². The molecule has 0 unspecified atom stereocenters. The van der Waals surface area contributed by atoms with Crippen LogP contribution in [-0.4, -0.2) is 32.2 Å². The molecule has 0 atom stereocenters. The van der Waals surface area contributed by atoms with Gasteiger partial charge in [-0.25, -0.2) is 4.79 Å². The van der Waals surface area contributed by atoms with Gasteiger partial charge < -0.3 is 5.11 Å². The molecule has 0 bridgehead atoms. The second kappa shape index (κ2) is 3.86. The third-order valence-electron chi connectivity index (χ3n) is 1.95. The van der Waals surface area contributed by atoms with E-state index in [1.54, 1.807) is 6.07 Å². The molecule has 0 aliphatic heterocycles. The highest BCUT2D eigenvalue weighted by Crippen LogP contribution is 2.22. The molecule has 1 rings (SSSR count). The van der Waals surface area contributed by atoms with Gasteiger partial charge >= 0.3 is 5.97 Å². The second-order valence-electron chi connectivity index (χ2n) is 3.98. The van der Waals surface area contributed by atoms with Gasteiger partial charge in [0.15, 0.2) is 0 Å². The van der Waals surface area contributed by atoms with Crippen molar-refractivity contribution in [2.75, 3.05) is 21.1 Å². The topological polar surface area (TPSA) is 37.3 Å². The highest BCUT2D eigenvalue weighted by molar-refractivity contribution is 14.1. The number of carboxylic acids is 1. The first-order chi connectivity index (χ1) is 6.32. The zero-order valence-corrected chi connectivity index (χ0v) is 10.6. The fourth-order valence-electron chi connectivity index (χ4n) is 1.09. The van der Waals surface area contributed by atoms with E-state index in [0.29, 0.717) is 10.0 Å². The Morgan fingerprint density at radius 1 is 1.36 bits per heavy atom. The molecule has 0 heterocycles. The third kappa shape index (κ3) is 2.45. The van der Waals surface area contributed by atoms with Gasteiger partial charge in [-0.05, 0) is 28.7 Å². The van der Waals surface area contributed by atoms with Gasteiger partial charge in [-0.15, -0.1) is 0 Å². The van der Waals surface area contributed by atoms with Crippen molar-refractivity contribution >= 4 is 34.2 Å². The lowest BCUT2D eigenvalue weighted by molar-refractivity contribution is 0.0695. The summed E-state index contributed by atoms with van der Waals surface area (Å²) in [7, 11) is 6.02. The van der Waals surface area contributed by atoms with E-state index in [2.05, 4.69) is 0 Å². The predicted octanol–water partition coefficient (Wildman–Crippen LogP) is 2.19. The molecule has 0 aliphatic rings. The van der Waals surface area contributed by atoms with E-state index in [1.165, 1.54) is 0 Å². The summed E-state index contributed by atoms with van der Waals surface area (Å²) in [4.78, 5) is 10.9. The fourth-order valence-corrected chi connectivity index (χ4v) is 1.66. The van der Waals surface area contributed by atoms with E-state index in [9.17, 15) is 4.79 Å². The van der Waals surface area contributed by atoms with Crippen molar-refractivity contribution in [1.29, 1.82) is 0 Å². The molecule has 1 aromatic carbocycles. The monoisotopic (exact) mass is 306 g/mol. The van der Waals surface area contributed by atoms with Crippen molar-refractivity contribution < 1.29 is 9.90 Å². The zero-order chi connectivity index (χ0) is 10.9. The van der Waals surface area contributed by atoms with Crippen molar-refractivity contribution in [3.63, 3.8) is 0 Å². The molecular weight excluding hydrogens is 293 g/mol. The highest BCUT2D eigenvalue weighted by Gasteiger charge is 2.16. The number of benzene rings is 1. The molecule has 0 aliphatic carbocycles. The van der Waals surface area contributed by atoms with Gasteiger partial charge in [-0.3, -0.25) is 4.48 Å². The van der Waals surface area contributed by atoms with Crippen LogP contribution in [0.3, 0.4) is 0 Å². The molecular formula is C10H13INO2+. The summed E-state index contributed by atoms with van der Waals surface area (Å²) < 4.78 is 1.39. The Bertz CT molecular complexity index is 369. The maximum absolute atomic E-state index is 10.9. The van der Waals surface area contributed by atoms with Gasteiger partial charge in [0.2, 0.25) is 0 Å². The van der Waals surface area contributed by atoms with E-state index in [4.69, 9.17) is 5.11 Å². The summed E-state index contributed by atoms with van der Waals surface area (Å²) in [6.45, 7) is 0. The van der Waals surface area contributed by atoms with E-state index >= 15 is 0 Å². The Hall–Kier alpha value is -0.620. The largest absolute Gasteiger partial charge is 0.478 e. The summed E-state index contributed by atoms with van der Waals surface area (Å²) in [6, 6.07) is 5.52. The highest BCUT2D eigenvalue weighted by atomic mass is 127. The van der Waals surface area contributed by atoms with Crippen LogP contribution >= 0.6 is 22.6 Å². The van der Waals surface area contributed by atoms with Gasteiger partial charge in [0, 0.05) is 15.7 Å². The van der Waals surface area contributed by atoms with Crippen LogP contribution in [0.25, 0.3) is 0 Å². The molecule has 0 radical (unpaired) electrons. The van der Waals surface area contributed by atoms with Crippen LogP contribution in [0.2, 0.25) is 0 Å². The lowest BCUT2D eigenvalue weighted by Crippen LogP contribution is -2.34. The molecule has 1 N–H and O–H groups in total. The lowest BCUT2D eigenvalue weighted by Gasteiger charge is -2.23. The van der Waals surface area contributed by atoms with Crippen LogP contribution in [-0.2, 0) is 0 Å². The molecule has 76 valence electrons. The molecule has 0 saturated heterocycles. The van der Waals surface area contributed by atoms with Crippen molar-refractivity contribution in [2.45, 2.75) is 0 Å². The molecule has 0 saturated carbocycles. The van der Waals surface area contributed by atoms with E-state index in [1.807, 2.05) is 55.9 Å². The smallest absolute Gasteiger partial charge is 0.336 e. The van der Waals surface area contributed by atoms with Gasteiger partial charge in [0.1, 0.15) is 5.69 Å². The Kier molecular flexibility index (Phi) is 3.16. The van der Waals surface area contributed by atoms with Gasteiger partial charge in [0.25, 0.3) is 0 Å². The number of hydrogen-bond donors (Lipinski definition) is 1. The number of quaternary nitrogens is 1. The Morgan fingerprint density at radius 3 is 2.36 bits per heavy atom. The number of nitrogens with zero attached hydrogens (tertiary/aromatic N) is 1. The van der Waals surface area contributed by atoms with Gasteiger partial charge in [0.05, 0.1) is 26.7 Å². The summed E-state index contributed by atoms with van der Waals surface area (Å²) in [5.41, 5.74) is 1.36. The molecule has 0 spiro atoms. The number of halogens is 1. The average molecular weight is 306 g/mol. The maximum atomic E-state index is 10.9. The summed E-state index contributed by atoms with van der Waals surface area (Å²) in [6.07, 6.45) is 0. The van der Waals surface area contributed by atoms with Crippen LogP contribution in [0.4, 0.5) is 5.69 Å². The molecule has 4 heteroatoms. The molecule has 0 amide bonds. The minimum absolute atomic E-state index is 0.371. The minimum atomic E-state index is -0.871. The van der Waals surface area contributed by atoms with E-state index < -0.39 is 5.97 Å². The van der Waals surface area contributed by atoms with Crippen molar-refractivity contribution in [3.05, 3.63) is 27.3 Å². The standard InChI is InChI=1S/C10H12INO2/c1-12(2,3)7-4-5-9(11)8(6-7)10(13)14/h4-6H,1-3H3/p+1. The first kappa shape index (κ1) is 11.5. The third-order valence-corrected chi connectivity index (χ3v) is 2.90. The normalized spacial score (nSPS) is 11.4. The fraction of sp³-hybridized carbons (Fsp3) is 0.300. The van der Waals surface area contributed by atoms with E-state index in [0.717, 1.165) is 9.26 Å². The lowest BCUT2D eigenvalue weighted by atomic mass is 10.2. The Balaban J connectivity index is 3.27. The minimum Gasteiger partial charge on any atom is -0.478 e. The summed E-state index contributed by atoms with van der Waals surface area (Å²) in [5, 5.41) is 8.94. The second-order valence-corrected chi connectivity index (χ2v) is 5.14. The van der Waals surface area contributed by atoms with Crippen LogP contribution in [0.15, 0.2) is 18.2 Å². The van der Waals surface area contributed by atoms with Crippen LogP contribution in [0.1, 0.15) is 10.4 Å². The molecule has 0 aromatic heterocycles. The SMILES string of the molecule is C[N+](C)(C)c1ccc(I)c(C(=O)O)c1. The molecule has 1 aromatic rings. The van der Waals surface area contributed by atoms with Gasteiger partial charge in [-0.2, -0.15) is 0 Å². The average Bonchev–Trinajstić information content (AvgIpc) is 2.02. The van der Waals surface area contributed by atoms with E-state index in [-0.39, 0.29) is 0 Å². The Morgan fingerprint density at radius 2 is 1.93 bits per heavy atom. The van der Waals surface area contributed by atoms with Crippen molar-refractivity contribution in [2.24, 2.45) is 0 Å². The molecule has 0 fully saturated rings. The first-order valence-electron chi connectivity index (χ1n) is 4.17.